The number of nitriles is 1. The first kappa shape index (κ1) is 52.4. The zero-order valence-corrected chi connectivity index (χ0v) is 39.3. The summed E-state index contributed by atoms with van der Waals surface area (Å²) in [6.07, 6.45) is 7.79. The number of carbonyl (C=O) groups excluding carboxylic acids is 3. The summed E-state index contributed by atoms with van der Waals surface area (Å²) in [5, 5.41) is 31.2. The van der Waals surface area contributed by atoms with Gasteiger partial charge in [-0.1, -0.05) is 61.9 Å². The molecule has 5 unspecified atom stereocenters. The largest absolute Gasteiger partial charge is 0.343 e. The second kappa shape index (κ2) is 27.3. The number of amides is 3. The predicted octanol–water partition coefficient (Wildman–Crippen LogP) is 5.98. The number of hydrogen-bond acceptors (Lipinski definition) is 10. The van der Waals surface area contributed by atoms with E-state index in [-0.39, 0.29) is 42.3 Å². The molecular weight excluding hydrogens is 767 g/mol. The topological polar surface area (TPSA) is 166 Å². The number of allylic oxidation sites excluding steroid dienone is 4. The van der Waals surface area contributed by atoms with E-state index in [2.05, 4.69) is 82.4 Å². The lowest BCUT2D eigenvalue weighted by Crippen LogP contribution is -2.47. The lowest BCUT2D eigenvalue weighted by atomic mass is 9.86. The van der Waals surface area contributed by atoms with Crippen LogP contribution in [0.3, 0.4) is 0 Å². The van der Waals surface area contributed by atoms with Crippen molar-refractivity contribution < 1.29 is 14.4 Å². The van der Waals surface area contributed by atoms with Crippen molar-refractivity contribution in [3.63, 3.8) is 0 Å². The number of benzene rings is 1. The third-order valence-electron chi connectivity index (χ3n) is 11.5. The average Bonchev–Trinajstić information content (AvgIpc) is 3.55. The fourth-order valence-electron chi connectivity index (χ4n) is 7.48. The summed E-state index contributed by atoms with van der Waals surface area (Å²) in [4.78, 5) is 45.9. The fourth-order valence-corrected chi connectivity index (χ4v) is 7.48. The van der Waals surface area contributed by atoms with Crippen LogP contribution in [0.25, 0.3) is 0 Å². The molecule has 338 valence electrons. The number of piperazine rings is 1. The molecule has 4 rings (SSSR count). The Labute approximate surface area is 367 Å². The van der Waals surface area contributed by atoms with Crippen molar-refractivity contribution in [3.8, 4) is 6.07 Å². The average molecular weight is 844 g/mol. The third-order valence-corrected chi connectivity index (χ3v) is 11.5. The highest BCUT2D eigenvalue weighted by molar-refractivity contribution is 5.94. The Morgan fingerprint density at radius 3 is 2.26 bits per heavy atom. The minimum absolute atomic E-state index is 0.0498. The Hall–Kier alpha value is -4.71. The van der Waals surface area contributed by atoms with Crippen molar-refractivity contribution in [2.24, 2.45) is 11.8 Å². The fraction of sp³-hybridized carbons (Fsp3) is 0.638. The van der Waals surface area contributed by atoms with Crippen molar-refractivity contribution >= 4 is 17.7 Å². The van der Waals surface area contributed by atoms with Gasteiger partial charge in [0.1, 0.15) is 6.04 Å². The molecule has 1 aromatic heterocycles. The number of nitrogens with zero attached hydrogens (tertiary/aromatic N) is 8. The molecule has 14 heteroatoms. The Morgan fingerprint density at radius 2 is 1.74 bits per heavy atom. The highest BCUT2D eigenvalue weighted by atomic mass is 16.2. The molecule has 1 saturated heterocycles. The standard InChI is InChI=1S/C34H49N9O2.C9H20N2O.C4H8/c1-8-22(2)10-9-11-27-19-28(34(45)42-16-14-41(7)15-17-42)12-13-29(27)30(33-37-39-40-38-33)18-23(3)36-21-31(44)43(24(4)20-35)32-25(5)26(32)6;1-4-9(12)11(5-2)8-6-7-10-3;1-4(2)3/h8,10,12-13,19,23-26,30,32,36H,1,9,11,14-18,21H2,2-7H3,(H,37,38,39,40);10H,4-8H2,1-3H3;1H2,2-3H3/b22-10+;;/t23?,24?,25-,26?,30?,32?;;/m0../s1. The summed E-state index contributed by atoms with van der Waals surface area (Å²) >= 11 is 0. The minimum Gasteiger partial charge on any atom is -0.343 e. The summed E-state index contributed by atoms with van der Waals surface area (Å²) in [6, 6.07) is 7.77. The van der Waals surface area contributed by atoms with Gasteiger partial charge in [0, 0.05) is 69.3 Å². The maximum atomic E-state index is 13.5. The van der Waals surface area contributed by atoms with Crippen molar-refractivity contribution in [1.82, 2.24) is 50.9 Å². The molecule has 2 aromatic rings. The molecule has 1 saturated carbocycles. The molecule has 2 fully saturated rings. The van der Waals surface area contributed by atoms with Gasteiger partial charge in [-0.25, -0.2) is 0 Å². The van der Waals surface area contributed by atoms with Crippen LogP contribution < -0.4 is 10.6 Å². The van der Waals surface area contributed by atoms with Gasteiger partial charge in [0.15, 0.2) is 5.82 Å². The Bertz CT molecular complexity index is 1730. The van der Waals surface area contributed by atoms with Gasteiger partial charge in [-0.2, -0.15) is 10.5 Å². The number of tetrazole rings is 1. The van der Waals surface area contributed by atoms with Crippen LogP contribution in [0.5, 0.6) is 0 Å². The van der Waals surface area contributed by atoms with Gasteiger partial charge in [0.2, 0.25) is 11.8 Å². The zero-order chi connectivity index (χ0) is 45.6. The predicted molar refractivity (Wildman–Crippen MR) is 246 cm³/mol. The first-order valence-electron chi connectivity index (χ1n) is 22.2. The van der Waals surface area contributed by atoms with Crippen molar-refractivity contribution in [3.05, 3.63) is 77.2 Å². The molecule has 3 N–H and O–H groups in total. The summed E-state index contributed by atoms with van der Waals surface area (Å²) in [5.41, 5.74) is 5.05. The van der Waals surface area contributed by atoms with E-state index in [0.717, 1.165) is 68.7 Å². The molecule has 0 bridgehead atoms. The lowest BCUT2D eigenvalue weighted by molar-refractivity contribution is -0.132. The van der Waals surface area contributed by atoms with Crippen LogP contribution >= 0.6 is 0 Å². The lowest BCUT2D eigenvalue weighted by Gasteiger charge is -2.32. The summed E-state index contributed by atoms with van der Waals surface area (Å²) in [6.45, 7) is 31.4. The van der Waals surface area contributed by atoms with Crippen molar-refractivity contribution in [2.75, 3.05) is 66.5 Å². The van der Waals surface area contributed by atoms with Gasteiger partial charge in [0.25, 0.3) is 5.91 Å². The Balaban J connectivity index is 0.000000677. The molecular formula is C47H77N11O3. The Kier molecular flexibility index (Phi) is 23.4. The van der Waals surface area contributed by atoms with E-state index in [9.17, 15) is 19.6 Å². The van der Waals surface area contributed by atoms with Crippen LogP contribution in [-0.4, -0.2) is 143 Å². The SMILES string of the molecule is C=C(C)C.C=C/C(C)=C/CCc1cc(C(=O)N2CCN(C)CC2)ccc1C(CC(C)NCC(=O)N(C(C)C#N)C1C(C)[C@@H]1C)c1nn[nH]n1.CCC(=O)N(CC)CCCNC. The normalized spacial score (nSPS) is 18.8. The van der Waals surface area contributed by atoms with E-state index in [1.807, 2.05) is 82.7 Å². The van der Waals surface area contributed by atoms with E-state index in [4.69, 9.17) is 0 Å². The maximum Gasteiger partial charge on any atom is 0.253 e. The van der Waals surface area contributed by atoms with Crippen LogP contribution in [0.2, 0.25) is 0 Å². The van der Waals surface area contributed by atoms with E-state index in [1.54, 1.807) is 11.8 Å². The van der Waals surface area contributed by atoms with E-state index in [1.165, 1.54) is 5.57 Å². The van der Waals surface area contributed by atoms with Crippen LogP contribution in [0.4, 0.5) is 0 Å². The van der Waals surface area contributed by atoms with Crippen LogP contribution in [0, 0.1) is 23.2 Å². The number of carbonyl (C=O) groups is 3. The van der Waals surface area contributed by atoms with Gasteiger partial charge < -0.3 is 30.2 Å². The zero-order valence-electron chi connectivity index (χ0n) is 39.3. The number of H-pyrrole nitrogens is 1. The summed E-state index contributed by atoms with van der Waals surface area (Å²) < 4.78 is 0. The number of aromatic nitrogens is 4. The summed E-state index contributed by atoms with van der Waals surface area (Å²) in [5.74, 6) is 1.37. The number of aryl methyl sites for hydroxylation is 1. The van der Waals surface area contributed by atoms with Crippen LogP contribution in [0.1, 0.15) is 121 Å². The second-order valence-corrected chi connectivity index (χ2v) is 16.8. The van der Waals surface area contributed by atoms with Crippen molar-refractivity contribution in [1.29, 1.82) is 5.26 Å². The Morgan fingerprint density at radius 1 is 1.08 bits per heavy atom. The molecule has 1 aliphatic heterocycles. The molecule has 2 aliphatic rings. The van der Waals surface area contributed by atoms with E-state index < -0.39 is 6.04 Å². The monoisotopic (exact) mass is 844 g/mol. The first-order chi connectivity index (χ1) is 29.0. The number of likely N-dealkylation sites (N-methyl/N-ethyl adjacent to an activating group) is 1. The highest BCUT2D eigenvalue weighted by Crippen LogP contribution is 2.43. The van der Waals surface area contributed by atoms with Gasteiger partial charge in [-0.15, -0.1) is 16.8 Å². The smallest absolute Gasteiger partial charge is 0.253 e. The molecule has 2 heterocycles. The minimum atomic E-state index is -0.479. The van der Waals surface area contributed by atoms with Gasteiger partial charge in [-0.05, 0) is 123 Å². The highest BCUT2D eigenvalue weighted by Gasteiger charge is 2.50. The molecule has 1 aromatic carbocycles. The molecule has 61 heavy (non-hydrogen) atoms. The quantitative estimate of drug-likeness (QED) is 0.0820. The second-order valence-electron chi connectivity index (χ2n) is 16.8. The maximum absolute atomic E-state index is 13.5. The van der Waals surface area contributed by atoms with Crippen LogP contribution in [0.15, 0.2) is 54.7 Å². The molecule has 3 amide bonds. The van der Waals surface area contributed by atoms with Gasteiger partial charge in [0.05, 0.1) is 12.6 Å². The first-order valence-corrected chi connectivity index (χ1v) is 22.2. The van der Waals surface area contributed by atoms with Gasteiger partial charge in [-0.3, -0.25) is 14.4 Å². The summed E-state index contributed by atoms with van der Waals surface area (Å²) in [7, 11) is 4.01. The number of rotatable bonds is 20. The third kappa shape index (κ3) is 17.3. The molecule has 6 atom stereocenters. The van der Waals surface area contributed by atoms with E-state index in [0.29, 0.717) is 49.2 Å². The van der Waals surface area contributed by atoms with Crippen molar-refractivity contribution in [2.45, 2.75) is 118 Å². The molecule has 0 spiro atoms. The van der Waals surface area contributed by atoms with Crippen LogP contribution in [-0.2, 0) is 16.0 Å². The number of nitrogens with one attached hydrogen (secondary N) is 3. The molecule has 1 aliphatic carbocycles. The number of hydrogen-bond donors (Lipinski definition) is 3. The molecule has 0 radical (unpaired) electrons. The molecule has 14 nitrogen and oxygen atoms in total. The van der Waals surface area contributed by atoms with Gasteiger partial charge >= 0.3 is 0 Å². The number of aromatic amines is 1. The van der Waals surface area contributed by atoms with E-state index >= 15 is 0 Å².